The van der Waals surface area contributed by atoms with Crippen LogP contribution in [0.5, 0.6) is 0 Å². The van der Waals surface area contributed by atoms with Gasteiger partial charge < -0.3 is 10.6 Å². The molecular weight excluding hydrogens is 224 g/mol. The molecule has 3 nitrogen and oxygen atoms in total. The van der Waals surface area contributed by atoms with Crippen LogP contribution in [-0.2, 0) is 0 Å². The van der Waals surface area contributed by atoms with Crippen LogP contribution in [0.25, 0.3) is 0 Å². The van der Waals surface area contributed by atoms with Gasteiger partial charge in [0.15, 0.2) is 0 Å². The van der Waals surface area contributed by atoms with Crippen molar-refractivity contribution in [3.63, 3.8) is 0 Å². The second-order valence-electron chi connectivity index (χ2n) is 5.31. The maximum Gasteiger partial charge on any atom is 0.319 e. The predicted molar refractivity (Wildman–Crippen MR) is 77.0 cm³/mol. The van der Waals surface area contributed by atoms with Crippen LogP contribution >= 0.6 is 0 Å². The zero-order chi connectivity index (χ0) is 13.5. The molecule has 1 rings (SSSR count). The molecule has 1 aromatic rings. The standard InChI is InChI=1S/C15H24N2O/c1-11(2)9-10-16-15(18)17-14-8-6-5-7-13(14)12(3)4/h5-8,11-12H,9-10H2,1-4H3,(H2,16,17,18). The number of anilines is 1. The molecule has 0 spiro atoms. The van der Waals surface area contributed by atoms with Gasteiger partial charge in [-0.2, -0.15) is 0 Å². The van der Waals surface area contributed by atoms with Gasteiger partial charge in [-0.25, -0.2) is 4.79 Å². The Kier molecular flexibility index (Phi) is 5.69. The van der Waals surface area contributed by atoms with Crippen molar-refractivity contribution in [1.29, 1.82) is 0 Å². The number of nitrogens with one attached hydrogen (secondary N) is 2. The van der Waals surface area contributed by atoms with E-state index < -0.39 is 0 Å². The number of hydrogen-bond acceptors (Lipinski definition) is 1. The van der Waals surface area contributed by atoms with E-state index in [1.807, 2.05) is 24.3 Å². The number of para-hydroxylation sites is 1. The fourth-order valence-electron chi connectivity index (χ4n) is 1.76. The minimum atomic E-state index is -0.122. The average Bonchev–Trinajstić information content (AvgIpc) is 2.28. The molecule has 0 atom stereocenters. The van der Waals surface area contributed by atoms with Crippen molar-refractivity contribution < 1.29 is 4.79 Å². The summed E-state index contributed by atoms with van der Waals surface area (Å²) < 4.78 is 0. The van der Waals surface area contributed by atoms with Crippen LogP contribution in [0.3, 0.4) is 0 Å². The Morgan fingerprint density at radius 1 is 1.17 bits per heavy atom. The Hall–Kier alpha value is -1.51. The molecule has 0 aromatic heterocycles. The first-order valence-corrected chi connectivity index (χ1v) is 6.64. The highest BCUT2D eigenvalue weighted by Gasteiger charge is 2.08. The maximum atomic E-state index is 11.7. The summed E-state index contributed by atoms with van der Waals surface area (Å²) >= 11 is 0. The van der Waals surface area contributed by atoms with E-state index in [0.717, 1.165) is 17.7 Å². The van der Waals surface area contributed by atoms with Gasteiger partial charge in [-0.05, 0) is 29.9 Å². The topological polar surface area (TPSA) is 41.1 Å². The van der Waals surface area contributed by atoms with E-state index in [9.17, 15) is 4.79 Å². The molecule has 100 valence electrons. The molecule has 0 radical (unpaired) electrons. The Bertz CT molecular complexity index is 386. The maximum absolute atomic E-state index is 11.7. The van der Waals surface area contributed by atoms with Gasteiger partial charge in [0.1, 0.15) is 0 Å². The van der Waals surface area contributed by atoms with Crippen molar-refractivity contribution in [2.45, 2.75) is 40.0 Å². The smallest absolute Gasteiger partial charge is 0.319 e. The molecular formula is C15H24N2O. The lowest BCUT2D eigenvalue weighted by atomic mass is 10.0. The molecule has 0 aliphatic carbocycles. The lowest BCUT2D eigenvalue weighted by molar-refractivity contribution is 0.251. The monoisotopic (exact) mass is 248 g/mol. The van der Waals surface area contributed by atoms with Crippen LogP contribution in [0, 0.1) is 5.92 Å². The number of urea groups is 1. The molecule has 1 aromatic carbocycles. The molecule has 18 heavy (non-hydrogen) atoms. The zero-order valence-corrected chi connectivity index (χ0v) is 11.8. The quantitative estimate of drug-likeness (QED) is 0.813. The second-order valence-corrected chi connectivity index (χ2v) is 5.31. The van der Waals surface area contributed by atoms with Gasteiger partial charge in [0.2, 0.25) is 0 Å². The highest BCUT2D eigenvalue weighted by molar-refractivity contribution is 5.90. The molecule has 2 amide bonds. The number of carbonyl (C=O) groups is 1. The lowest BCUT2D eigenvalue weighted by Gasteiger charge is -2.14. The highest BCUT2D eigenvalue weighted by Crippen LogP contribution is 2.23. The SMILES string of the molecule is CC(C)CCNC(=O)Nc1ccccc1C(C)C. The molecule has 0 bridgehead atoms. The van der Waals surface area contributed by atoms with E-state index >= 15 is 0 Å². The number of amides is 2. The van der Waals surface area contributed by atoms with Crippen LogP contribution in [-0.4, -0.2) is 12.6 Å². The van der Waals surface area contributed by atoms with Gasteiger partial charge in [0, 0.05) is 12.2 Å². The predicted octanol–water partition coefficient (Wildman–Crippen LogP) is 3.98. The van der Waals surface area contributed by atoms with E-state index in [1.165, 1.54) is 0 Å². The lowest BCUT2D eigenvalue weighted by Crippen LogP contribution is -2.30. The summed E-state index contributed by atoms with van der Waals surface area (Å²) in [5.41, 5.74) is 2.06. The first-order valence-electron chi connectivity index (χ1n) is 6.64. The Morgan fingerprint density at radius 3 is 2.44 bits per heavy atom. The molecule has 2 N–H and O–H groups in total. The van der Waals surface area contributed by atoms with E-state index in [0.29, 0.717) is 18.4 Å². The summed E-state index contributed by atoms with van der Waals surface area (Å²) in [7, 11) is 0. The van der Waals surface area contributed by atoms with Crippen LogP contribution in [0.1, 0.15) is 45.6 Å². The normalized spacial score (nSPS) is 10.8. The minimum Gasteiger partial charge on any atom is -0.338 e. The fourth-order valence-corrected chi connectivity index (χ4v) is 1.76. The van der Waals surface area contributed by atoms with Crippen LogP contribution in [0.15, 0.2) is 24.3 Å². The van der Waals surface area contributed by atoms with Gasteiger partial charge in [0.25, 0.3) is 0 Å². The van der Waals surface area contributed by atoms with Crippen LogP contribution in [0.2, 0.25) is 0 Å². The number of carbonyl (C=O) groups excluding carboxylic acids is 1. The summed E-state index contributed by atoms with van der Waals surface area (Å²) in [4.78, 5) is 11.7. The number of hydrogen-bond donors (Lipinski definition) is 2. The average molecular weight is 248 g/mol. The third-order valence-electron chi connectivity index (χ3n) is 2.84. The van der Waals surface area contributed by atoms with E-state index in [-0.39, 0.29) is 6.03 Å². The van der Waals surface area contributed by atoms with Crippen molar-refractivity contribution in [3.8, 4) is 0 Å². The third-order valence-corrected chi connectivity index (χ3v) is 2.84. The minimum absolute atomic E-state index is 0.122. The Labute approximate surface area is 110 Å². The van der Waals surface area contributed by atoms with Gasteiger partial charge in [-0.15, -0.1) is 0 Å². The van der Waals surface area contributed by atoms with Crippen molar-refractivity contribution >= 4 is 11.7 Å². The fraction of sp³-hybridized carbons (Fsp3) is 0.533. The highest BCUT2D eigenvalue weighted by atomic mass is 16.2. The molecule has 0 unspecified atom stereocenters. The third kappa shape index (κ3) is 4.78. The van der Waals surface area contributed by atoms with Gasteiger partial charge >= 0.3 is 6.03 Å². The first-order chi connectivity index (χ1) is 8.50. The van der Waals surface area contributed by atoms with Crippen molar-refractivity contribution in [3.05, 3.63) is 29.8 Å². The molecule has 0 aliphatic rings. The number of rotatable bonds is 5. The zero-order valence-electron chi connectivity index (χ0n) is 11.8. The van der Waals surface area contributed by atoms with Crippen LogP contribution in [0.4, 0.5) is 10.5 Å². The van der Waals surface area contributed by atoms with Crippen molar-refractivity contribution in [2.75, 3.05) is 11.9 Å². The van der Waals surface area contributed by atoms with Gasteiger partial charge in [-0.3, -0.25) is 0 Å². The van der Waals surface area contributed by atoms with E-state index in [1.54, 1.807) is 0 Å². The van der Waals surface area contributed by atoms with Crippen molar-refractivity contribution in [1.82, 2.24) is 5.32 Å². The largest absolute Gasteiger partial charge is 0.338 e. The summed E-state index contributed by atoms with van der Waals surface area (Å²) in [6.07, 6.45) is 0.999. The van der Waals surface area contributed by atoms with Crippen molar-refractivity contribution in [2.24, 2.45) is 5.92 Å². The summed E-state index contributed by atoms with van der Waals surface area (Å²) in [5, 5.41) is 5.79. The summed E-state index contributed by atoms with van der Waals surface area (Å²) in [6, 6.07) is 7.81. The van der Waals surface area contributed by atoms with Crippen LogP contribution < -0.4 is 10.6 Å². The van der Waals surface area contributed by atoms with E-state index in [2.05, 4.69) is 38.3 Å². The number of benzene rings is 1. The molecule has 0 saturated carbocycles. The molecule has 0 heterocycles. The van der Waals surface area contributed by atoms with E-state index in [4.69, 9.17) is 0 Å². The van der Waals surface area contributed by atoms with Gasteiger partial charge in [0.05, 0.1) is 0 Å². The molecule has 3 heteroatoms. The Balaban J connectivity index is 2.54. The summed E-state index contributed by atoms with van der Waals surface area (Å²) in [5.74, 6) is 1.01. The summed E-state index contributed by atoms with van der Waals surface area (Å²) in [6.45, 7) is 9.25. The Morgan fingerprint density at radius 2 is 1.83 bits per heavy atom. The molecule has 0 aliphatic heterocycles. The molecule has 0 saturated heterocycles. The first kappa shape index (κ1) is 14.6. The molecule has 0 fully saturated rings. The second kappa shape index (κ2) is 7.04. The van der Waals surface area contributed by atoms with Gasteiger partial charge in [-0.1, -0.05) is 45.9 Å².